The molecule has 7 aromatic rings. The zero-order valence-corrected chi connectivity index (χ0v) is 18.1. The van der Waals surface area contributed by atoms with Gasteiger partial charge in [0, 0.05) is 34.2 Å². The highest BCUT2D eigenvalue weighted by Crippen LogP contribution is 2.32. The van der Waals surface area contributed by atoms with Crippen molar-refractivity contribution in [1.29, 1.82) is 0 Å². The summed E-state index contributed by atoms with van der Waals surface area (Å²) in [6.07, 6.45) is 0. The van der Waals surface area contributed by atoms with Crippen LogP contribution in [0.25, 0.3) is 65.4 Å². The van der Waals surface area contributed by atoms with Crippen molar-refractivity contribution in [3.63, 3.8) is 0 Å². The quantitative estimate of drug-likeness (QED) is 0.264. The Morgan fingerprint density at radius 3 is 1.59 bits per heavy atom. The van der Waals surface area contributed by atoms with Crippen LogP contribution in [0.2, 0.25) is 0 Å². The van der Waals surface area contributed by atoms with Gasteiger partial charge in [-0.1, -0.05) is 36.4 Å². The lowest BCUT2D eigenvalue weighted by molar-refractivity contribution is 1.01. The first-order valence-corrected chi connectivity index (χ1v) is 11.0. The van der Waals surface area contributed by atoms with Crippen LogP contribution in [0.1, 0.15) is 0 Å². The van der Waals surface area contributed by atoms with Crippen LogP contribution in [-0.4, -0.2) is 14.5 Å². The number of H-pyrrole nitrogens is 2. The van der Waals surface area contributed by atoms with E-state index in [1.807, 2.05) is 54.1 Å². The van der Waals surface area contributed by atoms with Gasteiger partial charge in [-0.05, 0) is 36.4 Å². The third-order valence-corrected chi connectivity index (χ3v) is 6.86. The SMILES string of the molecule is Cn1c2ccccc2c(=O)c2c3[nH]c4ccccc4c(=O)c3c3[nH]c4ccccc4c(=O)c3c21. The Balaban J connectivity index is 1.98. The minimum atomic E-state index is -0.225. The second-order valence-corrected chi connectivity index (χ2v) is 8.63. The summed E-state index contributed by atoms with van der Waals surface area (Å²) < 4.78 is 1.88. The Kier molecular flexibility index (Phi) is 3.55. The number of aromatic amines is 2. The van der Waals surface area contributed by atoms with Crippen molar-refractivity contribution in [2.75, 3.05) is 0 Å². The summed E-state index contributed by atoms with van der Waals surface area (Å²) in [5.74, 6) is 0. The Morgan fingerprint density at radius 1 is 0.559 bits per heavy atom. The molecule has 0 saturated carbocycles. The van der Waals surface area contributed by atoms with E-state index in [2.05, 4.69) is 9.97 Å². The van der Waals surface area contributed by atoms with E-state index in [0.717, 1.165) is 5.52 Å². The highest BCUT2D eigenvalue weighted by Gasteiger charge is 2.22. The van der Waals surface area contributed by atoms with Gasteiger partial charge in [0.1, 0.15) is 0 Å². The largest absolute Gasteiger partial charge is 0.354 e. The Labute approximate surface area is 190 Å². The van der Waals surface area contributed by atoms with Gasteiger partial charge in [-0.15, -0.1) is 0 Å². The Hall–Kier alpha value is -4.71. The third kappa shape index (κ3) is 2.21. The molecule has 0 amide bonds. The van der Waals surface area contributed by atoms with Crippen LogP contribution in [0.15, 0.2) is 87.2 Å². The first-order valence-electron chi connectivity index (χ1n) is 11.0. The average molecular weight is 443 g/mol. The van der Waals surface area contributed by atoms with Gasteiger partial charge in [0.2, 0.25) is 0 Å². The lowest BCUT2D eigenvalue weighted by atomic mass is 9.98. The minimum Gasteiger partial charge on any atom is -0.354 e. The zero-order valence-electron chi connectivity index (χ0n) is 18.1. The predicted molar refractivity (Wildman–Crippen MR) is 138 cm³/mol. The van der Waals surface area contributed by atoms with Crippen LogP contribution < -0.4 is 16.3 Å². The van der Waals surface area contributed by atoms with E-state index in [-0.39, 0.29) is 16.3 Å². The molecular formula is C28H17N3O3. The molecule has 0 unspecified atom stereocenters. The number of para-hydroxylation sites is 3. The molecule has 0 fully saturated rings. The molecule has 0 saturated heterocycles. The number of hydrogen-bond acceptors (Lipinski definition) is 3. The fourth-order valence-corrected chi connectivity index (χ4v) is 5.32. The number of nitrogens with zero attached hydrogens (tertiary/aromatic N) is 1. The van der Waals surface area contributed by atoms with Crippen LogP contribution in [0.5, 0.6) is 0 Å². The van der Waals surface area contributed by atoms with Crippen molar-refractivity contribution in [2.24, 2.45) is 7.05 Å². The van der Waals surface area contributed by atoms with E-state index in [4.69, 9.17) is 0 Å². The summed E-state index contributed by atoms with van der Waals surface area (Å²) in [6, 6.07) is 21.8. The third-order valence-electron chi connectivity index (χ3n) is 6.86. The molecule has 6 heteroatoms. The molecule has 0 radical (unpaired) electrons. The van der Waals surface area contributed by atoms with Gasteiger partial charge < -0.3 is 14.5 Å². The number of nitrogens with one attached hydrogen (secondary N) is 2. The van der Waals surface area contributed by atoms with Crippen LogP contribution in [-0.2, 0) is 7.05 Å². The fourth-order valence-electron chi connectivity index (χ4n) is 5.32. The highest BCUT2D eigenvalue weighted by atomic mass is 16.1. The molecule has 0 spiro atoms. The standard InChI is InChI=1S/C28H17N3O3/c1-31-19-13-7-4-10-16(19)28(34)22-24-20(26(32)14-8-2-5-11-17(14)29-24)23-21(25(22)31)27(33)15-9-3-6-12-18(15)30-23/h2-13H,1H3,(H,29,32)(H,30,33). The van der Waals surface area contributed by atoms with E-state index in [1.165, 1.54) is 0 Å². The fraction of sp³-hybridized carbons (Fsp3) is 0.0357. The zero-order chi connectivity index (χ0) is 23.1. The molecule has 3 heterocycles. The number of benzene rings is 4. The molecule has 162 valence electrons. The van der Waals surface area contributed by atoms with Gasteiger partial charge in [-0.25, -0.2) is 0 Å². The molecule has 3 aromatic heterocycles. The number of aromatic nitrogens is 3. The maximum atomic E-state index is 13.9. The molecule has 0 bridgehead atoms. The van der Waals surface area contributed by atoms with Gasteiger partial charge in [0.15, 0.2) is 16.3 Å². The summed E-state index contributed by atoms with van der Waals surface area (Å²) in [7, 11) is 1.85. The van der Waals surface area contributed by atoms with Crippen LogP contribution >= 0.6 is 0 Å². The van der Waals surface area contributed by atoms with Gasteiger partial charge in [0.05, 0.1) is 38.2 Å². The van der Waals surface area contributed by atoms with Crippen molar-refractivity contribution < 1.29 is 0 Å². The van der Waals surface area contributed by atoms with E-state index in [1.54, 1.807) is 30.3 Å². The summed E-state index contributed by atoms with van der Waals surface area (Å²) >= 11 is 0. The molecule has 0 aliphatic rings. The van der Waals surface area contributed by atoms with Crippen molar-refractivity contribution in [1.82, 2.24) is 14.5 Å². The van der Waals surface area contributed by atoms with E-state index in [0.29, 0.717) is 59.9 Å². The first kappa shape index (κ1) is 18.8. The normalized spacial score (nSPS) is 12.0. The molecule has 0 aliphatic carbocycles. The molecule has 0 aliphatic heterocycles. The smallest absolute Gasteiger partial charge is 0.199 e. The van der Waals surface area contributed by atoms with E-state index >= 15 is 0 Å². The maximum absolute atomic E-state index is 13.9. The Bertz CT molecular complexity index is 2140. The molecule has 4 aromatic carbocycles. The highest BCUT2D eigenvalue weighted by molar-refractivity contribution is 6.25. The summed E-state index contributed by atoms with van der Waals surface area (Å²) in [5.41, 5.74) is 2.71. The Morgan fingerprint density at radius 2 is 1.00 bits per heavy atom. The molecule has 34 heavy (non-hydrogen) atoms. The average Bonchev–Trinajstić information content (AvgIpc) is 2.87. The van der Waals surface area contributed by atoms with Gasteiger partial charge in [0.25, 0.3) is 0 Å². The molecule has 6 nitrogen and oxygen atoms in total. The molecule has 2 N–H and O–H groups in total. The molecule has 0 atom stereocenters. The summed E-state index contributed by atoms with van der Waals surface area (Å²) in [5, 5.41) is 2.54. The van der Waals surface area contributed by atoms with Gasteiger partial charge >= 0.3 is 0 Å². The monoisotopic (exact) mass is 443 g/mol. The van der Waals surface area contributed by atoms with Crippen molar-refractivity contribution in [2.45, 2.75) is 0 Å². The second kappa shape index (κ2) is 6.42. The number of fused-ring (bicyclic) bond motifs is 9. The summed E-state index contributed by atoms with van der Waals surface area (Å²) in [6.45, 7) is 0. The number of hydrogen-bond donors (Lipinski definition) is 2. The number of pyridine rings is 3. The summed E-state index contributed by atoms with van der Waals surface area (Å²) in [4.78, 5) is 48.2. The van der Waals surface area contributed by atoms with Crippen LogP contribution in [0.3, 0.4) is 0 Å². The van der Waals surface area contributed by atoms with Crippen LogP contribution in [0.4, 0.5) is 0 Å². The van der Waals surface area contributed by atoms with Crippen molar-refractivity contribution in [3.05, 3.63) is 103 Å². The van der Waals surface area contributed by atoms with E-state index in [9.17, 15) is 14.4 Å². The molecule has 7 rings (SSSR count). The van der Waals surface area contributed by atoms with E-state index < -0.39 is 0 Å². The number of aryl methyl sites for hydroxylation is 1. The van der Waals surface area contributed by atoms with Gasteiger partial charge in [-0.2, -0.15) is 0 Å². The lowest BCUT2D eigenvalue weighted by Crippen LogP contribution is -2.17. The minimum absolute atomic E-state index is 0.214. The predicted octanol–water partition coefficient (Wildman–Crippen LogP) is 4.68. The topological polar surface area (TPSA) is 87.7 Å². The van der Waals surface area contributed by atoms with Crippen LogP contribution in [0, 0.1) is 0 Å². The maximum Gasteiger partial charge on any atom is 0.199 e. The van der Waals surface area contributed by atoms with Crippen molar-refractivity contribution >= 4 is 65.4 Å². The lowest BCUT2D eigenvalue weighted by Gasteiger charge is -2.16. The van der Waals surface area contributed by atoms with Gasteiger partial charge in [-0.3, -0.25) is 14.4 Å². The first-order chi connectivity index (χ1) is 16.6. The second-order valence-electron chi connectivity index (χ2n) is 8.63. The van der Waals surface area contributed by atoms with Crippen molar-refractivity contribution in [3.8, 4) is 0 Å². The molecular weight excluding hydrogens is 426 g/mol. The number of rotatable bonds is 0.